The summed E-state index contributed by atoms with van der Waals surface area (Å²) in [6.07, 6.45) is 8.35. The van der Waals surface area contributed by atoms with Crippen molar-refractivity contribution in [2.75, 3.05) is 0 Å². The molecule has 0 atom stereocenters. The second-order valence-corrected chi connectivity index (χ2v) is 4.15. The van der Waals surface area contributed by atoms with Gasteiger partial charge in [0.25, 0.3) is 0 Å². The van der Waals surface area contributed by atoms with Gasteiger partial charge in [0.2, 0.25) is 0 Å². The van der Waals surface area contributed by atoms with E-state index < -0.39 is 0 Å². The molecule has 0 radical (unpaired) electrons. The normalized spacial score (nSPS) is 17.5. The Labute approximate surface area is 97.3 Å². The molecule has 0 nitrogen and oxygen atoms in total. The minimum Gasteiger partial charge on any atom is -0.0976 e. The molecule has 0 aliphatic heterocycles. The maximum atomic E-state index is 6.03. The van der Waals surface area contributed by atoms with Crippen molar-refractivity contribution in [3.8, 4) is 0 Å². The molecule has 1 rings (SSSR count). The van der Waals surface area contributed by atoms with Gasteiger partial charge >= 0.3 is 0 Å². The van der Waals surface area contributed by atoms with E-state index in [1.165, 1.54) is 11.1 Å². The molecule has 80 valence electrons. The van der Waals surface area contributed by atoms with E-state index in [4.69, 9.17) is 11.6 Å². The van der Waals surface area contributed by atoms with Crippen LogP contribution in [0, 0.1) is 0 Å². The Hall–Kier alpha value is -1.01. The average molecular weight is 221 g/mol. The van der Waals surface area contributed by atoms with Gasteiger partial charge in [-0.15, -0.1) is 0 Å². The molecule has 1 aliphatic rings. The average Bonchev–Trinajstić information content (AvgIpc) is 2.26. The molecule has 0 fully saturated rings. The molecule has 0 saturated heterocycles. The summed E-state index contributed by atoms with van der Waals surface area (Å²) >= 11 is 6.03. The quantitative estimate of drug-likeness (QED) is 0.593. The van der Waals surface area contributed by atoms with Crippen molar-refractivity contribution in [3.05, 3.63) is 58.7 Å². The smallest absolute Gasteiger partial charge is 0.0435 e. The maximum Gasteiger partial charge on any atom is 0.0435 e. The first-order valence-electron chi connectivity index (χ1n) is 5.13. The molecule has 0 amide bonds. The second kappa shape index (κ2) is 5.18. The largest absolute Gasteiger partial charge is 0.0976 e. The highest BCUT2D eigenvalue weighted by molar-refractivity contribution is 6.31. The number of hydrogen-bond acceptors (Lipinski definition) is 0. The van der Waals surface area contributed by atoms with Gasteiger partial charge in [0.05, 0.1) is 0 Å². The predicted octanol–water partition coefficient (Wildman–Crippen LogP) is 4.91. The molecule has 0 N–H and O–H groups in total. The van der Waals surface area contributed by atoms with E-state index in [2.05, 4.69) is 32.2 Å². The Morgan fingerprint density at radius 3 is 2.53 bits per heavy atom. The summed E-state index contributed by atoms with van der Waals surface area (Å²) in [5.74, 6) is 0. The van der Waals surface area contributed by atoms with Crippen LogP contribution in [0.4, 0.5) is 0 Å². The zero-order valence-corrected chi connectivity index (χ0v) is 10.2. The number of rotatable bonds is 3. The van der Waals surface area contributed by atoms with Crippen LogP contribution in [0.3, 0.4) is 0 Å². The van der Waals surface area contributed by atoms with E-state index in [0.717, 1.165) is 24.0 Å². The van der Waals surface area contributed by atoms with Gasteiger partial charge in [0.15, 0.2) is 0 Å². The summed E-state index contributed by atoms with van der Waals surface area (Å²) in [5.41, 5.74) is 4.53. The molecule has 0 bridgehead atoms. The minimum absolute atomic E-state index is 0.680. The summed E-state index contributed by atoms with van der Waals surface area (Å²) in [6, 6.07) is 0. The number of hydrogen-bond donors (Lipinski definition) is 0. The summed E-state index contributed by atoms with van der Waals surface area (Å²) in [6.45, 7) is 11.9. The van der Waals surface area contributed by atoms with Gasteiger partial charge in [-0.3, -0.25) is 0 Å². The number of halogens is 1. The third-order valence-corrected chi connectivity index (χ3v) is 3.14. The van der Waals surface area contributed by atoms with Crippen LogP contribution in [0.15, 0.2) is 58.7 Å². The van der Waals surface area contributed by atoms with Crippen molar-refractivity contribution in [3.63, 3.8) is 0 Å². The van der Waals surface area contributed by atoms with Crippen LogP contribution in [-0.2, 0) is 0 Å². The Bertz CT molecular complexity index is 378. The molecule has 1 aliphatic carbocycles. The Morgan fingerprint density at radius 2 is 2.00 bits per heavy atom. The lowest BCUT2D eigenvalue weighted by Gasteiger charge is -2.16. The minimum atomic E-state index is 0.680. The van der Waals surface area contributed by atoms with Crippen LogP contribution in [-0.4, -0.2) is 0 Å². The summed E-state index contributed by atoms with van der Waals surface area (Å²) < 4.78 is 0. The molecule has 0 aromatic carbocycles. The van der Waals surface area contributed by atoms with E-state index in [9.17, 15) is 0 Å². The van der Waals surface area contributed by atoms with Crippen LogP contribution in [0.25, 0.3) is 0 Å². The summed E-state index contributed by atoms with van der Waals surface area (Å²) in [5, 5.41) is 0.680. The lowest BCUT2D eigenvalue weighted by Crippen LogP contribution is -1.97. The lowest BCUT2D eigenvalue weighted by molar-refractivity contribution is 0.994. The third kappa shape index (κ3) is 2.73. The third-order valence-electron chi connectivity index (χ3n) is 2.71. The number of allylic oxidation sites excluding steroid dienone is 8. The second-order valence-electron chi connectivity index (χ2n) is 3.74. The summed E-state index contributed by atoms with van der Waals surface area (Å²) in [4.78, 5) is 0. The molecule has 0 unspecified atom stereocenters. The first-order chi connectivity index (χ1) is 7.07. The fraction of sp³-hybridized carbons (Fsp3) is 0.286. The molecule has 0 spiro atoms. The first kappa shape index (κ1) is 12.1. The van der Waals surface area contributed by atoms with Gasteiger partial charge < -0.3 is 0 Å². The fourth-order valence-electron chi connectivity index (χ4n) is 1.66. The molecule has 0 heterocycles. The summed E-state index contributed by atoms with van der Waals surface area (Å²) in [7, 11) is 0. The molecule has 0 saturated carbocycles. The van der Waals surface area contributed by atoms with Gasteiger partial charge in [-0.1, -0.05) is 43.0 Å². The van der Waals surface area contributed by atoms with Crippen molar-refractivity contribution in [1.29, 1.82) is 0 Å². The van der Waals surface area contributed by atoms with Gasteiger partial charge in [-0.25, -0.2) is 0 Å². The molecule has 1 heteroatoms. The van der Waals surface area contributed by atoms with Crippen molar-refractivity contribution in [2.24, 2.45) is 0 Å². The van der Waals surface area contributed by atoms with E-state index in [1.807, 2.05) is 6.92 Å². The standard InChI is InChI=1S/C14H17Cl/c1-5-14(15)12(4)11(3)13-9-7-6-8-10(13)2/h5,8-9H,1,3,6-7H2,2,4H3/b14-12+. The van der Waals surface area contributed by atoms with Gasteiger partial charge in [0, 0.05) is 5.03 Å². The van der Waals surface area contributed by atoms with E-state index >= 15 is 0 Å². The van der Waals surface area contributed by atoms with Crippen molar-refractivity contribution >= 4 is 11.6 Å². The highest BCUT2D eigenvalue weighted by Gasteiger charge is 2.11. The van der Waals surface area contributed by atoms with Crippen LogP contribution < -0.4 is 0 Å². The zero-order valence-electron chi connectivity index (χ0n) is 9.44. The highest BCUT2D eigenvalue weighted by Crippen LogP contribution is 2.30. The fourth-order valence-corrected chi connectivity index (χ4v) is 1.77. The van der Waals surface area contributed by atoms with Crippen molar-refractivity contribution < 1.29 is 0 Å². The van der Waals surface area contributed by atoms with E-state index in [1.54, 1.807) is 6.08 Å². The zero-order chi connectivity index (χ0) is 11.4. The van der Waals surface area contributed by atoms with Gasteiger partial charge in [-0.05, 0) is 49.0 Å². The maximum absolute atomic E-state index is 6.03. The Balaban J connectivity index is 3.01. The van der Waals surface area contributed by atoms with Gasteiger partial charge in [0.1, 0.15) is 0 Å². The van der Waals surface area contributed by atoms with Crippen LogP contribution in [0.5, 0.6) is 0 Å². The molecular formula is C14H17Cl. The first-order valence-corrected chi connectivity index (χ1v) is 5.51. The topological polar surface area (TPSA) is 0 Å². The molecule has 15 heavy (non-hydrogen) atoms. The van der Waals surface area contributed by atoms with Crippen molar-refractivity contribution in [2.45, 2.75) is 26.7 Å². The van der Waals surface area contributed by atoms with Crippen molar-refractivity contribution in [1.82, 2.24) is 0 Å². The SMILES string of the molecule is C=C/C(Cl)=C(/C)C(=C)C1=CCCC=C1C. The van der Waals surface area contributed by atoms with E-state index in [-0.39, 0.29) is 0 Å². The van der Waals surface area contributed by atoms with Crippen LogP contribution in [0.2, 0.25) is 0 Å². The van der Waals surface area contributed by atoms with Crippen LogP contribution in [0.1, 0.15) is 26.7 Å². The molecule has 0 aromatic heterocycles. The predicted molar refractivity (Wildman–Crippen MR) is 69.0 cm³/mol. The Kier molecular flexibility index (Phi) is 4.16. The molecular weight excluding hydrogens is 204 g/mol. The highest BCUT2D eigenvalue weighted by atomic mass is 35.5. The van der Waals surface area contributed by atoms with Crippen LogP contribution >= 0.6 is 11.6 Å². The Morgan fingerprint density at radius 1 is 1.40 bits per heavy atom. The molecule has 0 aromatic rings. The monoisotopic (exact) mass is 220 g/mol. The van der Waals surface area contributed by atoms with Gasteiger partial charge in [-0.2, -0.15) is 0 Å². The van der Waals surface area contributed by atoms with E-state index in [0.29, 0.717) is 5.03 Å². The lowest BCUT2D eigenvalue weighted by atomic mass is 9.90.